The van der Waals surface area contributed by atoms with Crippen LogP contribution in [0.3, 0.4) is 0 Å². The standard InChI is InChI=1S/C40H45FO7SSi/c1-6-45-39(42)33-24-20-28-19-23-32-34(26-46-50(40(3,4)5,30-13-9-7-10-14-30)31-15-11-8-12-16-31)36(25-35(32)47-38(28)37(33)41)48-49(43,44)29-21-17-27(2)18-22-29/h7-18,20-22,24,32,34-36H,6,19,23,25-26H2,1-5H3/t32-,34-,35+,36+/m1/s1. The SMILES string of the molecule is CCOC(=O)c1ccc2c(c1F)O[C@H]1C[C@H](OS(=O)(=O)c3ccc(C)cc3)[C@H](CO[Si](c3ccccc3)(c3ccccc3)C(C)(C)C)[C@H]1CC2. The van der Waals surface area contributed by atoms with Crippen LogP contribution in [0.15, 0.2) is 102 Å². The molecule has 7 nitrogen and oxygen atoms in total. The number of esters is 1. The molecule has 1 saturated carbocycles. The first-order chi connectivity index (χ1) is 23.9. The van der Waals surface area contributed by atoms with E-state index in [1.54, 1.807) is 37.3 Å². The van der Waals surface area contributed by atoms with Gasteiger partial charge < -0.3 is 13.9 Å². The summed E-state index contributed by atoms with van der Waals surface area (Å²) in [4.78, 5) is 12.6. The zero-order valence-corrected chi connectivity index (χ0v) is 31.0. The number of carbonyl (C=O) groups excluding carboxylic acids is 1. The first-order valence-electron chi connectivity index (χ1n) is 17.3. The van der Waals surface area contributed by atoms with Gasteiger partial charge in [0.2, 0.25) is 0 Å². The van der Waals surface area contributed by atoms with Crippen LogP contribution in [0.1, 0.15) is 62.0 Å². The lowest BCUT2D eigenvalue weighted by molar-refractivity contribution is 0.0518. The van der Waals surface area contributed by atoms with Crippen LogP contribution >= 0.6 is 0 Å². The van der Waals surface area contributed by atoms with E-state index in [1.165, 1.54) is 6.07 Å². The lowest BCUT2D eigenvalue weighted by Crippen LogP contribution is -2.67. The van der Waals surface area contributed by atoms with Crippen molar-refractivity contribution in [1.82, 2.24) is 0 Å². The van der Waals surface area contributed by atoms with Gasteiger partial charge in [0, 0.05) is 24.9 Å². The number of ether oxygens (including phenoxy) is 2. The second-order valence-electron chi connectivity index (χ2n) is 14.3. The first-order valence-corrected chi connectivity index (χ1v) is 20.6. The normalized spacial score (nSPS) is 20.7. The molecule has 0 bridgehead atoms. The molecule has 0 saturated heterocycles. The minimum atomic E-state index is -4.16. The molecule has 264 valence electrons. The largest absolute Gasteiger partial charge is 0.487 e. The van der Waals surface area contributed by atoms with E-state index >= 15 is 4.39 Å². The molecule has 0 unspecified atom stereocenters. The molecule has 4 aromatic rings. The Labute approximate surface area is 296 Å². The topological polar surface area (TPSA) is 88.1 Å². The number of fused-ring (bicyclic) bond motifs is 2. The van der Waals surface area contributed by atoms with Crippen molar-refractivity contribution in [3.63, 3.8) is 0 Å². The summed E-state index contributed by atoms with van der Waals surface area (Å²) >= 11 is 0. The summed E-state index contributed by atoms with van der Waals surface area (Å²) in [5.74, 6) is -2.13. The summed E-state index contributed by atoms with van der Waals surface area (Å²) < 4.78 is 68.4. The van der Waals surface area contributed by atoms with Crippen molar-refractivity contribution in [1.29, 1.82) is 0 Å². The molecule has 1 aliphatic heterocycles. The summed E-state index contributed by atoms with van der Waals surface area (Å²) in [5, 5.41) is 1.91. The molecule has 4 aromatic carbocycles. The van der Waals surface area contributed by atoms with Crippen molar-refractivity contribution < 1.29 is 35.7 Å². The van der Waals surface area contributed by atoms with E-state index < -0.39 is 48.3 Å². The van der Waals surface area contributed by atoms with Crippen LogP contribution < -0.4 is 15.1 Å². The van der Waals surface area contributed by atoms with Gasteiger partial charge in [-0.2, -0.15) is 8.42 Å². The highest BCUT2D eigenvalue weighted by molar-refractivity contribution is 7.86. The molecule has 1 aliphatic carbocycles. The first kappa shape index (κ1) is 36.0. The highest BCUT2D eigenvalue weighted by atomic mass is 32.2. The van der Waals surface area contributed by atoms with Crippen molar-refractivity contribution in [2.75, 3.05) is 13.2 Å². The van der Waals surface area contributed by atoms with Crippen LogP contribution in [0.5, 0.6) is 5.75 Å². The summed E-state index contributed by atoms with van der Waals surface area (Å²) in [6.45, 7) is 10.5. The molecule has 4 atom stereocenters. The number of aryl methyl sites for hydroxylation is 2. The lowest BCUT2D eigenvalue weighted by atomic mass is 9.89. The summed E-state index contributed by atoms with van der Waals surface area (Å²) in [6.07, 6.45) is -0.104. The lowest BCUT2D eigenvalue weighted by Gasteiger charge is -2.44. The molecule has 1 fully saturated rings. The monoisotopic (exact) mass is 716 g/mol. The Morgan fingerprint density at radius 2 is 1.54 bits per heavy atom. The van der Waals surface area contributed by atoms with E-state index in [1.807, 2.05) is 43.3 Å². The smallest absolute Gasteiger partial charge is 0.341 e. The van der Waals surface area contributed by atoms with Gasteiger partial charge in [0.1, 0.15) is 6.10 Å². The van der Waals surface area contributed by atoms with Gasteiger partial charge in [-0.15, -0.1) is 0 Å². The quantitative estimate of drug-likeness (QED) is 0.0994. The Morgan fingerprint density at radius 3 is 2.12 bits per heavy atom. The molecule has 0 N–H and O–H groups in total. The highest BCUT2D eigenvalue weighted by Crippen LogP contribution is 2.46. The number of rotatable bonds is 10. The van der Waals surface area contributed by atoms with E-state index in [0.29, 0.717) is 18.4 Å². The van der Waals surface area contributed by atoms with Crippen LogP contribution in [0, 0.1) is 24.6 Å². The van der Waals surface area contributed by atoms with E-state index in [2.05, 4.69) is 45.0 Å². The number of carbonyl (C=O) groups is 1. The maximum atomic E-state index is 15.9. The van der Waals surface area contributed by atoms with Crippen molar-refractivity contribution in [3.05, 3.63) is 120 Å². The second kappa shape index (κ2) is 14.4. The molecule has 0 radical (unpaired) electrons. The van der Waals surface area contributed by atoms with Crippen LogP contribution in [0.2, 0.25) is 5.04 Å². The van der Waals surface area contributed by atoms with Crippen molar-refractivity contribution in [2.24, 2.45) is 11.8 Å². The van der Waals surface area contributed by atoms with Gasteiger partial charge >= 0.3 is 5.97 Å². The summed E-state index contributed by atoms with van der Waals surface area (Å²) in [5.41, 5.74) is 1.39. The second-order valence-corrected chi connectivity index (χ2v) is 20.1. The van der Waals surface area contributed by atoms with Crippen molar-refractivity contribution in [2.45, 2.75) is 76.0 Å². The number of benzene rings is 4. The van der Waals surface area contributed by atoms with E-state index in [-0.39, 0.29) is 46.8 Å². The Hall–Kier alpha value is -3.83. The predicted octanol–water partition coefficient (Wildman–Crippen LogP) is 6.99. The predicted molar refractivity (Wildman–Crippen MR) is 194 cm³/mol. The van der Waals surface area contributed by atoms with Gasteiger partial charge in [0.25, 0.3) is 18.4 Å². The van der Waals surface area contributed by atoms with E-state index in [9.17, 15) is 13.2 Å². The maximum Gasteiger partial charge on any atom is 0.341 e. The summed E-state index contributed by atoms with van der Waals surface area (Å²) in [6, 6.07) is 30.3. The van der Waals surface area contributed by atoms with Crippen molar-refractivity contribution >= 4 is 34.8 Å². The van der Waals surface area contributed by atoms with Crippen LogP contribution in [0.4, 0.5) is 4.39 Å². The third kappa shape index (κ3) is 6.91. The van der Waals surface area contributed by atoms with E-state index in [4.69, 9.17) is 18.1 Å². The van der Waals surface area contributed by atoms with Gasteiger partial charge in [0.05, 0.1) is 23.2 Å². The number of hydrogen-bond acceptors (Lipinski definition) is 7. The Bertz CT molecular complexity index is 1870. The highest BCUT2D eigenvalue weighted by Gasteiger charge is 2.54. The number of hydrogen-bond donors (Lipinski definition) is 0. The molecule has 0 aromatic heterocycles. The zero-order chi connectivity index (χ0) is 35.7. The summed E-state index contributed by atoms with van der Waals surface area (Å²) in [7, 11) is -7.16. The average Bonchev–Trinajstić information content (AvgIpc) is 3.28. The molecular weight excluding hydrogens is 672 g/mol. The van der Waals surface area contributed by atoms with Gasteiger partial charge in [-0.05, 0) is 65.9 Å². The molecule has 10 heteroatoms. The fourth-order valence-electron chi connectivity index (χ4n) is 7.67. The Morgan fingerprint density at radius 1 is 0.920 bits per heavy atom. The molecule has 0 spiro atoms. The number of halogens is 1. The van der Waals surface area contributed by atoms with Gasteiger partial charge in [-0.3, -0.25) is 4.18 Å². The fraction of sp³-hybridized carbons (Fsp3) is 0.375. The molecule has 6 rings (SSSR count). The van der Waals surface area contributed by atoms with E-state index in [0.717, 1.165) is 15.9 Å². The molecule has 0 amide bonds. The average molecular weight is 717 g/mol. The molecule has 1 heterocycles. The zero-order valence-electron chi connectivity index (χ0n) is 29.2. The van der Waals surface area contributed by atoms with Crippen LogP contribution in [0.25, 0.3) is 0 Å². The van der Waals surface area contributed by atoms with Crippen molar-refractivity contribution in [3.8, 4) is 5.75 Å². The third-order valence-corrected chi connectivity index (χ3v) is 16.5. The molecular formula is C40H45FO7SSi. The fourth-order valence-corrected chi connectivity index (χ4v) is 13.4. The van der Waals surface area contributed by atoms with Gasteiger partial charge in [-0.25, -0.2) is 9.18 Å². The molecule has 2 aliphatic rings. The van der Waals surface area contributed by atoms with Gasteiger partial charge in [0.15, 0.2) is 11.6 Å². The Kier molecular flexibility index (Phi) is 10.4. The Balaban J connectivity index is 1.40. The minimum absolute atomic E-state index is 0.0109. The maximum absolute atomic E-state index is 15.9. The third-order valence-electron chi connectivity index (χ3n) is 10.1. The van der Waals surface area contributed by atoms with Gasteiger partial charge in [-0.1, -0.05) is 105 Å². The van der Waals surface area contributed by atoms with Crippen LogP contribution in [-0.4, -0.2) is 48.1 Å². The molecule has 50 heavy (non-hydrogen) atoms. The van der Waals surface area contributed by atoms with Crippen LogP contribution in [-0.2, 0) is 29.9 Å². The minimum Gasteiger partial charge on any atom is -0.487 e.